The lowest BCUT2D eigenvalue weighted by molar-refractivity contribution is -0.127. The van der Waals surface area contributed by atoms with Crippen LogP contribution >= 0.6 is 0 Å². The molecule has 6 rings (SSSR count). The molecule has 27 heavy (non-hydrogen) atoms. The highest BCUT2D eigenvalue weighted by molar-refractivity contribution is 5.81. The van der Waals surface area contributed by atoms with Crippen LogP contribution in [0.3, 0.4) is 0 Å². The fourth-order valence-corrected chi connectivity index (χ4v) is 7.02. The van der Waals surface area contributed by atoms with Gasteiger partial charge >= 0.3 is 0 Å². The molecular formula is C20H32N6O. The molecule has 7 heteroatoms. The average Bonchev–Trinajstić information content (AvgIpc) is 3.25. The summed E-state index contributed by atoms with van der Waals surface area (Å²) in [4.78, 5) is 14.7. The van der Waals surface area contributed by atoms with E-state index in [9.17, 15) is 4.79 Å². The average molecular weight is 373 g/mol. The minimum atomic E-state index is -0.149. The molecule has 0 spiro atoms. The van der Waals surface area contributed by atoms with Crippen LogP contribution < -0.4 is 10.6 Å². The Kier molecular flexibility index (Phi) is 4.08. The number of hydrogen-bond acceptors (Lipinski definition) is 5. The number of hydrogen-bond donors (Lipinski definition) is 2. The van der Waals surface area contributed by atoms with E-state index in [2.05, 4.69) is 26.0 Å². The Balaban J connectivity index is 1.33. The monoisotopic (exact) mass is 372 g/mol. The zero-order valence-electron chi connectivity index (χ0n) is 16.6. The van der Waals surface area contributed by atoms with Crippen LogP contribution in [0, 0.1) is 18.8 Å². The zero-order chi connectivity index (χ0) is 18.6. The molecule has 2 N–H and O–H groups in total. The molecule has 5 atom stereocenters. The summed E-state index contributed by atoms with van der Waals surface area (Å²) in [6.07, 6.45) is 11.8. The number of aryl methyl sites for hydroxylation is 1. The maximum Gasteiger partial charge on any atom is 0.237 e. The second kappa shape index (κ2) is 6.26. The van der Waals surface area contributed by atoms with Crippen LogP contribution in [0.25, 0.3) is 0 Å². The molecule has 1 amide bonds. The first-order chi connectivity index (χ1) is 13.0. The summed E-state index contributed by atoms with van der Waals surface area (Å²) >= 11 is 0. The molecule has 7 nitrogen and oxygen atoms in total. The van der Waals surface area contributed by atoms with E-state index in [4.69, 9.17) is 0 Å². The first-order valence-corrected chi connectivity index (χ1v) is 10.8. The van der Waals surface area contributed by atoms with E-state index in [1.165, 1.54) is 32.1 Å². The Morgan fingerprint density at radius 2 is 1.89 bits per heavy atom. The maximum atomic E-state index is 12.8. The van der Waals surface area contributed by atoms with Crippen molar-refractivity contribution in [1.29, 1.82) is 0 Å². The Bertz CT molecular complexity index is 710. The van der Waals surface area contributed by atoms with Crippen molar-refractivity contribution in [1.82, 2.24) is 30.8 Å². The minimum Gasteiger partial charge on any atom is -0.352 e. The van der Waals surface area contributed by atoms with Gasteiger partial charge in [0.15, 0.2) is 5.82 Å². The van der Waals surface area contributed by atoms with Crippen molar-refractivity contribution in [3.05, 3.63) is 5.82 Å². The van der Waals surface area contributed by atoms with Crippen molar-refractivity contribution in [3.8, 4) is 0 Å². The summed E-state index contributed by atoms with van der Waals surface area (Å²) in [6, 6.07) is 0.233. The van der Waals surface area contributed by atoms with Gasteiger partial charge in [0.25, 0.3) is 0 Å². The van der Waals surface area contributed by atoms with Crippen LogP contribution in [0.2, 0.25) is 0 Å². The quantitative estimate of drug-likeness (QED) is 0.826. The summed E-state index contributed by atoms with van der Waals surface area (Å²) in [5.41, 5.74) is 0.0258. The number of amides is 1. The molecule has 5 saturated carbocycles. The molecule has 1 aromatic heterocycles. The third-order valence-electron chi connectivity index (χ3n) is 7.59. The van der Waals surface area contributed by atoms with Gasteiger partial charge in [-0.3, -0.25) is 4.79 Å². The molecule has 0 aromatic carbocycles. The third kappa shape index (κ3) is 3.08. The summed E-state index contributed by atoms with van der Waals surface area (Å²) in [5, 5.41) is 20.2. The lowest BCUT2D eigenvalue weighted by atomic mass is 9.50. The number of carbonyl (C=O) groups excluding carboxylic acids is 1. The van der Waals surface area contributed by atoms with Gasteiger partial charge in [-0.1, -0.05) is 12.8 Å². The number of nitrogens with one attached hydrogen (secondary N) is 2. The van der Waals surface area contributed by atoms with E-state index in [0.29, 0.717) is 17.9 Å². The maximum absolute atomic E-state index is 12.8. The van der Waals surface area contributed by atoms with Crippen LogP contribution in [0.1, 0.15) is 77.0 Å². The van der Waals surface area contributed by atoms with Crippen molar-refractivity contribution in [2.75, 3.05) is 0 Å². The van der Waals surface area contributed by atoms with Gasteiger partial charge in [-0.15, -0.1) is 10.2 Å². The number of tetrazole rings is 1. The Labute approximate surface area is 161 Å². The van der Waals surface area contributed by atoms with E-state index < -0.39 is 0 Å². The molecule has 2 unspecified atom stereocenters. The van der Waals surface area contributed by atoms with Crippen molar-refractivity contribution in [3.63, 3.8) is 0 Å². The molecule has 0 aliphatic heterocycles. The number of rotatable bonds is 5. The van der Waals surface area contributed by atoms with Crippen molar-refractivity contribution in [2.24, 2.45) is 11.8 Å². The molecule has 5 fully saturated rings. The topological polar surface area (TPSA) is 84.7 Å². The van der Waals surface area contributed by atoms with Gasteiger partial charge in [0.1, 0.15) is 0 Å². The molecular weight excluding hydrogens is 340 g/mol. The van der Waals surface area contributed by atoms with Gasteiger partial charge in [-0.25, -0.2) is 0 Å². The summed E-state index contributed by atoms with van der Waals surface area (Å²) < 4.78 is 0. The van der Waals surface area contributed by atoms with Crippen LogP contribution in [-0.2, 0) is 10.3 Å². The van der Waals surface area contributed by atoms with E-state index in [1.807, 2.05) is 18.6 Å². The highest BCUT2D eigenvalue weighted by Gasteiger charge is 2.60. The standard InChI is InChI=1S/C20H32N6O/c1-13(18(27)21-17-5-3-4-6-17)22-19-8-15-7-16(9-19)11-20(10-15,12-19)26-24-14(2)23-25-26/h13,15-17,22H,3-12H2,1-2H3,(H,21,27)/t13-,15-,16+,19?,20?/m0/s1. The van der Waals surface area contributed by atoms with Crippen LogP contribution in [0.5, 0.6) is 0 Å². The van der Waals surface area contributed by atoms with Gasteiger partial charge < -0.3 is 10.6 Å². The van der Waals surface area contributed by atoms with E-state index >= 15 is 0 Å². The molecule has 0 saturated heterocycles. The summed E-state index contributed by atoms with van der Waals surface area (Å²) in [6.45, 7) is 3.95. The first kappa shape index (κ1) is 17.6. The Morgan fingerprint density at radius 3 is 2.52 bits per heavy atom. The van der Waals surface area contributed by atoms with Gasteiger partial charge in [-0.05, 0) is 82.3 Å². The molecule has 1 heterocycles. The molecule has 5 aliphatic carbocycles. The normalized spacial score (nSPS) is 39.0. The van der Waals surface area contributed by atoms with Crippen LogP contribution in [0.4, 0.5) is 0 Å². The molecule has 0 radical (unpaired) electrons. The number of carbonyl (C=O) groups is 1. The predicted octanol–water partition coefficient (Wildman–Crippen LogP) is 2.07. The van der Waals surface area contributed by atoms with Crippen molar-refractivity contribution < 1.29 is 4.79 Å². The third-order valence-corrected chi connectivity index (χ3v) is 7.59. The number of aromatic nitrogens is 4. The summed E-state index contributed by atoms with van der Waals surface area (Å²) in [5.74, 6) is 2.32. The van der Waals surface area contributed by atoms with Crippen molar-refractivity contribution >= 4 is 5.91 Å². The second-order valence-electron chi connectivity index (χ2n) is 9.95. The molecule has 148 valence electrons. The Morgan fingerprint density at radius 1 is 1.19 bits per heavy atom. The first-order valence-electron chi connectivity index (χ1n) is 10.8. The largest absolute Gasteiger partial charge is 0.352 e. The zero-order valence-corrected chi connectivity index (χ0v) is 16.6. The van der Waals surface area contributed by atoms with E-state index in [0.717, 1.165) is 37.9 Å². The van der Waals surface area contributed by atoms with Gasteiger partial charge in [0.05, 0.1) is 11.6 Å². The second-order valence-corrected chi connectivity index (χ2v) is 9.95. The van der Waals surface area contributed by atoms with Gasteiger partial charge in [-0.2, -0.15) is 4.80 Å². The SMILES string of the molecule is Cc1nnn(C23C[C@@H]4C[C@@H](CC(N[C@@H](C)C(=O)NC5CCCC5)(C4)C2)C3)n1. The van der Waals surface area contributed by atoms with E-state index in [1.54, 1.807) is 0 Å². The highest BCUT2D eigenvalue weighted by Crippen LogP contribution is 2.60. The lowest BCUT2D eigenvalue weighted by Gasteiger charge is -2.61. The van der Waals surface area contributed by atoms with E-state index in [-0.39, 0.29) is 23.0 Å². The van der Waals surface area contributed by atoms with Gasteiger partial charge in [0.2, 0.25) is 5.91 Å². The predicted molar refractivity (Wildman–Crippen MR) is 101 cm³/mol. The fraction of sp³-hybridized carbons (Fsp3) is 0.900. The van der Waals surface area contributed by atoms with Crippen LogP contribution in [-0.4, -0.2) is 43.7 Å². The smallest absolute Gasteiger partial charge is 0.237 e. The molecule has 5 aliphatic rings. The van der Waals surface area contributed by atoms with Crippen LogP contribution in [0.15, 0.2) is 0 Å². The van der Waals surface area contributed by atoms with Crippen molar-refractivity contribution in [2.45, 2.75) is 101 Å². The lowest BCUT2D eigenvalue weighted by Crippen LogP contribution is -2.67. The molecule has 4 bridgehead atoms. The van der Waals surface area contributed by atoms with Gasteiger partial charge in [0, 0.05) is 11.6 Å². The fourth-order valence-electron chi connectivity index (χ4n) is 7.02. The molecule has 1 aromatic rings. The minimum absolute atomic E-state index is 0.0139. The highest BCUT2D eigenvalue weighted by atomic mass is 16.2. The Hall–Kier alpha value is -1.50. The summed E-state index contributed by atoms with van der Waals surface area (Å²) in [7, 11) is 0. The number of nitrogens with zero attached hydrogens (tertiary/aromatic N) is 4.